The largest absolute Gasteiger partial charge is 0.356 e. The Balaban J connectivity index is 1.32. The van der Waals surface area contributed by atoms with Gasteiger partial charge in [0.05, 0.1) is 4.90 Å². The van der Waals surface area contributed by atoms with Crippen LogP contribution in [0.2, 0.25) is 0 Å². The Morgan fingerprint density at radius 3 is 2.26 bits per heavy atom. The third-order valence-electron chi connectivity index (χ3n) is 6.38. The van der Waals surface area contributed by atoms with Gasteiger partial charge in [-0.25, -0.2) is 18.2 Å². The highest BCUT2D eigenvalue weighted by Crippen LogP contribution is 2.22. The molecule has 10 heteroatoms. The molecule has 0 unspecified atom stereocenters. The summed E-state index contributed by atoms with van der Waals surface area (Å²) in [6.07, 6.45) is 5.32. The van der Waals surface area contributed by atoms with Crippen molar-refractivity contribution < 1.29 is 18.0 Å². The molecule has 1 aromatic heterocycles. The second-order valence-corrected chi connectivity index (χ2v) is 10.6. The van der Waals surface area contributed by atoms with Crippen molar-refractivity contribution >= 4 is 27.7 Å². The smallest absolute Gasteiger partial charge is 0.317 e. The second-order valence-electron chi connectivity index (χ2n) is 8.66. The monoisotopic (exact) mass is 485 g/mol. The van der Waals surface area contributed by atoms with Gasteiger partial charge in [-0.3, -0.25) is 4.79 Å². The number of nitrogens with one attached hydrogen (secondary N) is 1. The van der Waals surface area contributed by atoms with E-state index in [-0.39, 0.29) is 29.8 Å². The first kappa shape index (κ1) is 24.2. The van der Waals surface area contributed by atoms with E-state index in [1.165, 1.54) is 41.9 Å². The molecule has 2 aliphatic rings. The highest BCUT2D eigenvalue weighted by Gasteiger charge is 2.30. The van der Waals surface area contributed by atoms with E-state index >= 15 is 0 Å². The quantitative estimate of drug-likeness (QED) is 0.631. The molecule has 34 heavy (non-hydrogen) atoms. The molecule has 0 saturated carbocycles. The van der Waals surface area contributed by atoms with Gasteiger partial charge in [-0.05, 0) is 44.4 Å². The van der Waals surface area contributed by atoms with Crippen LogP contribution in [-0.2, 0) is 16.6 Å². The number of hydrogen-bond donors (Lipinski definition) is 1. The molecule has 182 valence electrons. The average molecular weight is 486 g/mol. The van der Waals surface area contributed by atoms with Crippen LogP contribution in [0.1, 0.15) is 42.1 Å². The molecule has 0 radical (unpaired) electrons. The van der Waals surface area contributed by atoms with Crippen molar-refractivity contribution in [1.82, 2.24) is 19.5 Å². The lowest BCUT2D eigenvalue weighted by Crippen LogP contribution is -2.53. The van der Waals surface area contributed by atoms with Gasteiger partial charge in [0.1, 0.15) is 5.82 Å². The van der Waals surface area contributed by atoms with Gasteiger partial charge in [-0.15, -0.1) is 0 Å². The van der Waals surface area contributed by atoms with E-state index in [1.807, 2.05) is 12.1 Å². The molecule has 1 N–H and O–H groups in total. The summed E-state index contributed by atoms with van der Waals surface area (Å²) in [6.45, 7) is 4.82. The molecule has 3 heterocycles. The molecule has 9 nitrogen and oxygen atoms in total. The number of anilines is 1. The van der Waals surface area contributed by atoms with E-state index in [0.717, 1.165) is 37.3 Å². The number of piperazine rings is 1. The second kappa shape index (κ2) is 10.5. The minimum absolute atomic E-state index is 0.113. The van der Waals surface area contributed by atoms with Crippen molar-refractivity contribution in [2.75, 3.05) is 44.2 Å². The van der Waals surface area contributed by atoms with E-state index < -0.39 is 10.0 Å². The Morgan fingerprint density at radius 1 is 0.941 bits per heavy atom. The number of sulfonamides is 1. The third kappa shape index (κ3) is 5.39. The minimum Gasteiger partial charge on any atom is -0.356 e. The Kier molecular flexibility index (Phi) is 7.47. The summed E-state index contributed by atoms with van der Waals surface area (Å²) < 4.78 is 27.3. The SMILES string of the molecule is CC(=O)c1ccc(S(=O)(=O)N2CCN(C(=O)NCc3cccnc3N3CCCCC3)CC2)cc1. The first-order chi connectivity index (χ1) is 16.4. The third-order valence-corrected chi connectivity index (χ3v) is 8.29. The highest BCUT2D eigenvalue weighted by molar-refractivity contribution is 7.89. The minimum atomic E-state index is -3.68. The number of Topliss-reactive ketones (excluding diaryl/α,β-unsaturated/α-hetero) is 1. The number of nitrogens with zero attached hydrogens (tertiary/aromatic N) is 4. The van der Waals surface area contributed by atoms with Gasteiger partial charge in [0, 0.05) is 63.1 Å². The van der Waals surface area contributed by atoms with E-state index in [2.05, 4.69) is 15.2 Å². The van der Waals surface area contributed by atoms with Crippen molar-refractivity contribution in [3.05, 3.63) is 53.7 Å². The van der Waals surface area contributed by atoms with Crippen molar-refractivity contribution in [3.8, 4) is 0 Å². The highest BCUT2D eigenvalue weighted by atomic mass is 32.2. The number of amides is 2. The van der Waals surface area contributed by atoms with Gasteiger partial charge < -0.3 is 15.1 Å². The van der Waals surface area contributed by atoms with E-state index in [4.69, 9.17) is 0 Å². The summed E-state index contributed by atoms with van der Waals surface area (Å²) in [4.78, 5) is 32.8. The number of rotatable bonds is 6. The fourth-order valence-corrected chi connectivity index (χ4v) is 5.81. The predicted molar refractivity (Wildman–Crippen MR) is 129 cm³/mol. The molecule has 2 amide bonds. The summed E-state index contributed by atoms with van der Waals surface area (Å²) in [7, 11) is -3.68. The predicted octanol–water partition coefficient (Wildman–Crippen LogP) is 2.49. The summed E-state index contributed by atoms with van der Waals surface area (Å²) >= 11 is 0. The average Bonchev–Trinajstić information content (AvgIpc) is 2.88. The Labute approximate surface area is 200 Å². The van der Waals surface area contributed by atoms with Gasteiger partial charge in [-0.2, -0.15) is 4.31 Å². The topological polar surface area (TPSA) is 103 Å². The van der Waals surface area contributed by atoms with Crippen LogP contribution in [0, 0.1) is 0 Å². The van der Waals surface area contributed by atoms with Crippen LogP contribution in [0.15, 0.2) is 47.5 Å². The maximum atomic E-state index is 13.0. The first-order valence-corrected chi connectivity index (χ1v) is 13.1. The molecular formula is C24H31N5O4S. The van der Waals surface area contributed by atoms with Crippen LogP contribution in [-0.4, -0.2) is 73.7 Å². The van der Waals surface area contributed by atoms with Crippen LogP contribution < -0.4 is 10.2 Å². The maximum Gasteiger partial charge on any atom is 0.317 e. The molecule has 2 saturated heterocycles. The molecule has 0 bridgehead atoms. The van der Waals surface area contributed by atoms with E-state index in [0.29, 0.717) is 25.2 Å². The number of pyridine rings is 1. The summed E-state index contributed by atoms with van der Waals surface area (Å²) in [5.41, 5.74) is 1.45. The van der Waals surface area contributed by atoms with E-state index in [9.17, 15) is 18.0 Å². The molecular weight excluding hydrogens is 454 g/mol. The maximum absolute atomic E-state index is 13.0. The molecule has 2 aromatic rings. The van der Waals surface area contributed by atoms with E-state index in [1.54, 1.807) is 11.1 Å². The van der Waals surface area contributed by atoms with Crippen LogP contribution >= 0.6 is 0 Å². The Morgan fingerprint density at radius 2 is 1.62 bits per heavy atom. The number of aromatic nitrogens is 1. The van der Waals surface area contributed by atoms with Gasteiger partial charge in [0.25, 0.3) is 0 Å². The van der Waals surface area contributed by atoms with Crippen molar-refractivity contribution in [2.45, 2.75) is 37.6 Å². The van der Waals surface area contributed by atoms with Crippen molar-refractivity contribution in [1.29, 1.82) is 0 Å². The molecule has 4 rings (SSSR count). The fraction of sp³-hybridized carbons (Fsp3) is 0.458. The van der Waals surface area contributed by atoms with Crippen molar-refractivity contribution in [2.24, 2.45) is 0 Å². The lowest BCUT2D eigenvalue weighted by Gasteiger charge is -2.34. The zero-order valence-corrected chi connectivity index (χ0v) is 20.3. The number of hydrogen-bond acceptors (Lipinski definition) is 6. The van der Waals surface area contributed by atoms with Crippen LogP contribution in [0.4, 0.5) is 10.6 Å². The number of piperidine rings is 1. The lowest BCUT2D eigenvalue weighted by molar-refractivity contribution is 0.101. The fourth-order valence-electron chi connectivity index (χ4n) is 4.38. The first-order valence-electron chi connectivity index (χ1n) is 11.7. The summed E-state index contributed by atoms with van der Waals surface area (Å²) in [5.74, 6) is 0.812. The number of carbonyl (C=O) groups is 2. The normalized spacial score (nSPS) is 17.4. The summed E-state index contributed by atoms with van der Waals surface area (Å²) in [5, 5.41) is 2.97. The number of ketones is 1. The van der Waals surface area contributed by atoms with Gasteiger partial charge in [-0.1, -0.05) is 18.2 Å². The van der Waals surface area contributed by atoms with Gasteiger partial charge in [0.2, 0.25) is 10.0 Å². The molecule has 0 spiro atoms. The Bertz CT molecular complexity index is 1120. The van der Waals surface area contributed by atoms with Crippen LogP contribution in [0.5, 0.6) is 0 Å². The van der Waals surface area contributed by atoms with Crippen LogP contribution in [0.25, 0.3) is 0 Å². The zero-order valence-electron chi connectivity index (χ0n) is 19.4. The molecule has 0 aliphatic carbocycles. The molecule has 0 atom stereocenters. The summed E-state index contributed by atoms with van der Waals surface area (Å²) in [6, 6.07) is 9.61. The van der Waals surface area contributed by atoms with Gasteiger partial charge >= 0.3 is 6.03 Å². The van der Waals surface area contributed by atoms with Crippen molar-refractivity contribution in [3.63, 3.8) is 0 Å². The lowest BCUT2D eigenvalue weighted by atomic mass is 10.1. The molecule has 2 aliphatic heterocycles. The molecule has 2 fully saturated rings. The molecule has 1 aromatic carbocycles. The number of carbonyl (C=O) groups excluding carboxylic acids is 2. The Hall–Kier alpha value is -2.98. The number of benzene rings is 1. The zero-order chi connectivity index (χ0) is 24.1. The standard InChI is InChI=1S/C24H31N5O4S/c1-19(30)20-7-9-22(10-8-20)34(32,33)29-16-14-28(15-17-29)24(31)26-18-21-6-5-11-25-23(21)27-12-3-2-4-13-27/h5-11H,2-4,12-18H2,1H3,(H,26,31). The van der Waals surface area contributed by atoms with Gasteiger partial charge in [0.15, 0.2) is 5.78 Å². The van der Waals surface area contributed by atoms with Crippen LogP contribution in [0.3, 0.4) is 0 Å². The number of urea groups is 1.